The van der Waals surface area contributed by atoms with Crippen LogP contribution in [0.15, 0.2) is 29.6 Å². The second kappa shape index (κ2) is 9.71. The molecule has 1 fully saturated rings. The molecule has 27 heavy (non-hydrogen) atoms. The first-order valence-electron chi connectivity index (χ1n) is 9.16. The highest BCUT2D eigenvalue weighted by Gasteiger charge is 2.16. The standard InChI is InChI=1S/C19H23ClN4O2S/c20-13-5-4-8-15(11-13)21-17(25)10-9-16-12-27-19(23-16)24-18(26)22-14-6-2-1-3-7-14/h4-5,8,11-12,14H,1-3,6-7,9-10H2,(H,21,25)(H2,22,23,24,26). The maximum Gasteiger partial charge on any atom is 0.321 e. The van der Waals surface area contributed by atoms with Gasteiger partial charge < -0.3 is 10.6 Å². The van der Waals surface area contributed by atoms with E-state index in [9.17, 15) is 9.59 Å². The fraction of sp³-hybridized carbons (Fsp3) is 0.421. The van der Waals surface area contributed by atoms with E-state index in [1.165, 1.54) is 30.6 Å². The summed E-state index contributed by atoms with van der Waals surface area (Å²) in [6.45, 7) is 0. The SMILES string of the molecule is O=C(CCc1csc(NC(=O)NC2CCCCC2)n1)Nc1cccc(Cl)c1. The Morgan fingerprint density at radius 3 is 2.78 bits per heavy atom. The predicted octanol–water partition coefficient (Wildman–Crippen LogP) is 4.82. The van der Waals surface area contributed by atoms with Gasteiger partial charge >= 0.3 is 6.03 Å². The van der Waals surface area contributed by atoms with E-state index in [4.69, 9.17) is 11.6 Å². The molecule has 0 saturated heterocycles. The van der Waals surface area contributed by atoms with Gasteiger partial charge in [-0.05, 0) is 37.5 Å². The van der Waals surface area contributed by atoms with E-state index in [1.54, 1.807) is 24.3 Å². The van der Waals surface area contributed by atoms with Crippen molar-refractivity contribution in [3.63, 3.8) is 0 Å². The summed E-state index contributed by atoms with van der Waals surface area (Å²) in [5, 5.41) is 11.6. The van der Waals surface area contributed by atoms with Crippen molar-refractivity contribution in [3.8, 4) is 0 Å². The molecule has 1 aromatic carbocycles. The molecular weight excluding hydrogens is 384 g/mol. The van der Waals surface area contributed by atoms with Crippen LogP contribution in [0, 0.1) is 0 Å². The van der Waals surface area contributed by atoms with Crippen LogP contribution in [0.3, 0.4) is 0 Å². The minimum atomic E-state index is -0.207. The molecule has 1 aliphatic carbocycles. The Morgan fingerprint density at radius 2 is 2.00 bits per heavy atom. The molecule has 144 valence electrons. The van der Waals surface area contributed by atoms with Crippen LogP contribution in [-0.4, -0.2) is 23.0 Å². The molecule has 0 unspecified atom stereocenters. The Kier molecular flexibility index (Phi) is 7.06. The molecule has 1 aliphatic rings. The van der Waals surface area contributed by atoms with Gasteiger partial charge in [0.1, 0.15) is 0 Å². The quantitative estimate of drug-likeness (QED) is 0.642. The number of benzene rings is 1. The fourth-order valence-corrected chi connectivity index (χ4v) is 4.01. The van der Waals surface area contributed by atoms with Gasteiger partial charge in [0, 0.05) is 28.6 Å². The van der Waals surface area contributed by atoms with Crippen LogP contribution in [0.5, 0.6) is 0 Å². The van der Waals surface area contributed by atoms with Gasteiger partial charge in [-0.1, -0.05) is 36.9 Å². The normalized spacial score (nSPS) is 14.6. The minimum absolute atomic E-state index is 0.102. The van der Waals surface area contributed by atoms with Crippen molar-refractivity contribution in [2.75, 3.05) is 10.6 Å². The first-order chi connectivity index (χ1) is 13.1. The molecule has 2 aromatic rings. The summed E-state index contributed by atoms with van der Waals surface area (Å²) in [6.07, 6.45) is 6.49. The Bertz CT molecular complexity index is 790. The zero-order valence-corrected chi connectivity index (χ0v) is 16.5. The minimum Gasteiger partial charge on any atom is -0.335 e. The molecular formula is C19H23ClN4O2S. The maximum atomic E-state index is 12.1. The number of amides is 3. The molecule has 1 saturated carbocycles. The number of carbonyl (C=O) groups excluding carboxylic acids is 2. The number of urea groups is 1. The molecule has 3 rings (SSSR count). The third kappa shape index (κ3) is 6.52. The molecule has 3 N–H and O–H groups in total. The van der Waals surface area contributed by atoms with Crippen molar-refractivity contribution in [1.29, 1.82) is 0 Å². The lowest BCUT2D eigenvalue weighted by Gasteiger charge is -2.22. The van der Waals surface area contributed by atoms with E-state index in [1.807, 2.05) is 5.38 Å². The summed E-state index contributed by atoms with van der Waals surface area (Å²) in [7, 11) is 0. The zero-order valence-electron chi connectivity index (χ0n) is 15.0. The van der Waals surface area contributed by atoms with E-state index in [0.717, 1.165) is 18.5 Å². The number of hydrogen-bond acceptors (Lipinski definition) is 4. The largest absolute Gasteiger partial charge is 0.335 e. The Labute approximate surface area is 167 Å². The zero-order chi connectivity index (χ0) is 19.1. The van der Waals surface area contributed by atoms with E-state index in [2.05, 4.69) is 20.9 Å². The van der Waals surface area contributed by atoms with E-state index in [-0.39, 0.29) is 18.0 Å². The molecule has 0 aliphatic heterocycles. The van der Waals surface area contributed by atoms with Gasteiger partial charge in [-0.2, -0.15) is 0 Å². The van der Waals surface area contributed by atoms with Gasteiger partial charge in [0.05, 0.1) is 5.69 Å². The van der Waals surface area contributed by atoms with Crippen LogP contribution in [0.1, 0.15) is 44.2 Å². The van der Waals surface area contributed by atoms with Crippen molar-refractivity contribution in [2.24, 2.45) is 0 Å². The monoisotopic (exact) mass is 406 g/mol. The number of anilines is 2. The third-order valence-corrected chi connectivity index (χ3v) is 5.47. The molecule has 6 nitrogen and oxygen atoms in total. The van der Waals surface area contributed by atoms with Crippen molar-refractivity contribution in [2.45, 2.75) is 51.0 Å². The van der Waals surface area contributed by atoms with Crippen LogP contribution in [0.2, 0.25) is 5.02 Å². The predicted molar refractivity (Wildman–Crippen MR) is 110 cm³/mol. The summed E-state index contributed by atoms with van der Waals surface area (Å²) in [5.41, 5.74) is 1.46. The third-order valence-electron chi connectivity index (χ3n) is 4.43. The van der Waals surface area contributed by atoms with E-state index in [0.29, 0.717) is 28.7 Å². The number of thiazole rings is 1. The fourth-order valence-electron chi connectivity index (χ4n) is 3.08. The van der Waals surface area contributed by atoms with Crippen molar-refractivity contribution in [3.05, 3.63) is 40.4 Å². The number of halogens is 1. The molecule has 8 heteroatoms. The number of carbonyl (C=O) groups is 2. The highest BCUT2D eigenvalue weighted by atomic mass is 35.5. The van der Waals surface area contributed by atoms with Crippen molar-refractivity contribution < 1.29 is 9.59 Å². The lowest BCUT2D eigenvalue weighted by atomic mass is 9.96. The van der Waals surface area contributed by atoms with Crippen LogP contribution < -0.4 is 16.0 Å². The molecule has 1 heterocycles. The van der Waals surface area contributed by atoms with E-state index >= 15 is 0 Å². The number of rotatable bonds is 6. The number of nitrogens with zero attached hydrogens (tertiary/aromatic N) is 1. The van der Waals surface area contributed by atoms with Gasteiger partial charge in [0.15, 0.2) is 5.13 Å². The van der Waals surface area contributed by atoms with Crippen LogP contribution in [-0.2, 0) is 11.2 Å². The molecule has 3 amide bonds. The molecule has 0 atom stereocenters. The lowest BCUT2D eigenvalue weighted by Crippen LogP contribution is -2.38. The summed E-state index contributed by atoms with van der Waals surface area (Å²) < 4.78 is 0. The number of hydrogen-bond donors (Lipinski definition) is 3. The second-order valence-corrected chi connectivity index (χ2v) is 7.93. The van der Waals surface area contributed by atoms with Gasteiger partial charge in [-0.15, -0.1) is 11.3 Å². The van der Waals surface area contributed by atoms with Crippen LogP contribution in [0.4, 0.5) is 15.6 Å². The van der Waals surface area contributed by atoms with Gasteiger partial charge in [0.2, 0.25) is 5.91 Å². The first kappa shape index (κ1) is 19.6. The second-order valence-electron chi connectivity index (χ2n) is 6.64. The summed E-state index contributed by atoms with van der Waals surface area (Å²) in [4.78, 5) is 28.5. The van der Waals surface area contributed by atoms with Crippen LogP contribution >= 0.6 is 22.9 Å². The van der Waals surface area contributed by atoms with Gasteiger partial charge in [-0.3, -0.25) is 10.1 Å². The van der Waals surface area contributed by atoms with E-state index < -0.39 is 0 Å². The van der Waals surface area contributed by atoms with Crippen molar-refractivity contribution in [1.82, 2.24) is 10.3 Å². The summed E-state index contributed by atoms with van der Waals surface area (Å²) in [6, 6.07) is 7.09. The maximum absolute atomic E-state index is 12.1. The van der Waals surface area contributed by atoms with Gasteiger partial charge in [0.25, 0.3) is 0 Å². The summed E-state index contributed by atoms with van der Waals surface area (Å²) >= 11 is 7.27. The molecule has 0 bridgehead atoms. The Balaban J connectivity index is 1.42. The first-order valence-corrected chi connectivity index (χ1v) is 10.4. The highest BCUT2D eigenvalue weighted by Crippen LogP contribution is 2.20. The number of nitrogens with one attached hydrogen (secondary N) is 3. The smallest absolute Gasteiger partial charge is 0.321 e. The Hall–Kier alpha value is -2.12. The lowest BCUT2D eigenvalue weighted by molar-refractivity contribution is -0.116. The Morgan fingerprint density at radius 1 is 1.19 bits per heavy atom. The van der Waals surface area contributed by atoms with Gasteiger partial charge in [-0.25, -0.2) is 9.78 Å². The molecule has 1 aromatic heterocycles. The molecule has 0 radical (unpaired) electrons. The topological polar surface area (TPSA) is 83.1 Å². The summed E-state index contributed by atoms with van der Waals surface area (Å²) in [5.74, 6) is -0.102. The molecule has 0 spiro atoms. The van der Waals surface area contributed by atoms with Crippen LogP contribution in [0.25, 0.3) is 0 Å². The average molecular weight is 407 g/mol. The number of aromatic nitrogens is 1. The highest BCUT2D eigenvalue weighted by molar-refractivity contribution is 7.13. The average Bonchev–Trinajstić information content (AvgIpc) is 3.08. The number of aryl methyl sites for hydroxylation is 1. The van der Waals surface area contributed by atoms with Crippen molar-refractivity contribution >= 4 is 45.7 Å².